The van der Waals surface area contributed by atoms with E-state index in [1.165, 1.54) is 0 Å². The molecule has 2 aromatic rings. The van der Waals surface area contributed by atoms with Crippen LogP contribution in [0.4, 0.5) is 11.4 Å². The second-order valence-electron chi connectivity index (χ2n) is 6.69. The van der Waals surface area contributed by atoms with Crippen molar-refractivity contribution in [1.82, 2.24) is 0 Å². The first kappa shape index (κ1) is 19.7. The number of carbonyl (C=O) groups is 2. The van der Waals surface area contributed by atoms with Gasteiger partial charge in [-0.2, -0.15) is 0 Å². The molecule has 0 aliphatic rings. The summed E-state index contributed by atoms with van der Waals surface area (Å²) in [5.41, 5.74) is 5.03. The van der Waals surface area contributed by atoms with Gasteiger partial charge in [0.15, 0.2) is 0 Å². The Morgan fingerprint density at radius 1 is 0.923 bits per heavy atom. The van der Waals surface area contributed by atoms with Gasteiger partial charge in [-0.1, -0.05) is 24.3 Å². The number of aryl methyl sites for hydroxylation is 3. The molecular weight excluding hydrogens is 324 g/mol. The van der Waals surface area contributed by atoms with Gasteiger partial charge in [0.2, 0.25) is 11.8 Å². The quantitative estimate of drug-likeness (QED) is 0.773. The van der Waals surface area contributed by atoms with Crippen molar-refractivity contribution < 1.29 is 9.59 Å². The van der Waals surface area contributed by atoms with Gasteiger partial charge in [0.05, 0.1) is 0 Å². The van der Waals surface area contributed by atoms with Crippen LogP contribution in [0.3, 0.4) is 0 Å². The third-order valence-electron chi connectivity index (χ3n) is 4.52. The molecule has 0 saturated heterocycles. The zero-order valence-electron chi connectivity index (χ0n) is 16.4. The average molecular weight is 352 g/mol. The molecule has 0 fully saturated rings. The Bertz CT molecular complexity index is 798. The molecule has 0 aromatic heterocycles. The molecule has 2 aromatic carbocycles. The van der Waals surface area contributed by atoms with E-state index in [2.05, 4.69) is 0 Å². The van der Waals surface area contributed by atoms with E-state index in [0.29, 0.717) is 13.1 Å². The highest BCUT2D eigenvalue weighted by molar-refractivity contribution is 5.96. The molecule has 4 heteroatoms. The van der Waals surface area contributed by atoms with Crippen LogP contribution < -0.4 is 9.80 Å². The Morgan fingerprint density at radius 3 is 2.23 bits per heavy atom. The van der Waals surface area contributed by atoms with Crippen molar-refractivity contribution in [3.05, 3.63) is 59.2 Å². The Balaban J connectivity index is 2.16. The lowest BCUT2D eigenvalue weighted by atomic mass is 10.1. The summed E-state index contributed by atoms with van der Waals surface area (Å²) in [4.78, 5) is 28.4. The highest BCUT2D eigenvalue weighted by atomic mass is 16.2. The molecule has 0 radical (unpaired) electrons. The summed E-state index contributed by atoms with van der Waals surface area (Å²) >= 11 is 0. The minimum absolute atomic E-state index is 0.0228. The summed E-state index contributed by atoms with van der Waals surface area (Å²) in [5, 5.41) is 0. The molecule has 0 N–H and O–H groups in total. The largest absolute Gasteiger partial charge is 0.313 e. The van der Waals surface area contributed by atoms with E-state index >= 15 is 0 Å². The topological polar surface area (TPSA) is 40.6 Å². The van der Waals surface area contributed by atoms with Crippen molar-refractivity contribution in [2.75, 3.05) is 22.9 Å². The van der Waals surface area contributed by atoms with Gasteiger partial charge >= 0.3 is 0 Å². The van der Waals surface area contributed by atoms with Crippen molar-refractivity contribution in [1.29, 1.82) is 0 Å². The number of hydrogen-bond acceptors (Lipinski definition) is 2. The molecule has 138 valence electrons. The smallest absolute Gasteiger partial charge is 0.228 e. The predicted molar refractivity (Wildman–Crippen MR) is 108 cm³/mol. The standard InChI is InChI=1S/C22H28N2O2/c1-6-23(20-9-7-8-16(2)14-20)22(26)12-13-24(19(5)25)21-15-17(3)10-11-18(21)4/h7-11,14-15H,6,12-13H2,1-5H3. The molecule has 4 nitrogen and oxygen atoms in total. The van der Waals surface area contributed by atoms with E-state index in [4.69, 9.17) is 0 Å². The van der Waals surface area contributed by atoms with E-state index in [1.807, 2.05) is 70.2 Å². The zero-order chi connectivity index (χ0) is 19.3. The lowest BCUT2D eigenvalue weighted by Gasteiger charge is -2.26. The summed E-state index contributed by atoms with van der Waals surface area (Å²) in [7, 11) is 0. The van der Waals surface area contributed by atoms with Crippen LogP contribution in [0.25, 0.3) is 0 Å². The van der Waals surface area contributed by atoms with Crippen LogP contribution in [0.15, 0.2) is 42.5 Å². The van der Waals surface area contributed by atoms with Crippen molar-refractivity contribution in [2.45, 2.75) is 41.0 Å². The molecule has 2 amide bonds. The van der Waals surface area contributed by atoms with Crippen molar-refractivity contribution in [3.63, 3.8) is 0 Å². The number of hydrogen-bond donors (Lipinski definition) is 0. The van der Waals surface area contributed by atoms with Gasteiger partial charge in [-0.05, 0) is 62.6 Å². The highest BCUT2D eigenvalue weighted by Gasteiger charge is 2.19. The van der Waals surface area contributed by atoms with Crippen molar-refractivity contribution in [2.24, 2.45) is 0 Å². The van der Waals surface area contributed by atoms with Gasteiger partial charge in [-0.15, -0.1) is 0 Å². The summed E-state index contributed by atoms with van der Waals surface area (Å²) in [6, 6.07) is 14.0. The molecule has 0 bridgehead atoms. The van der Waals surface area contributed by atoms with Crippen molar-refractivity contribution in [3.8, 4) is 0 Å². The van der Waals surface area contributed by atoms with Gasteiger partial charge in [-0.25, -0.2) is 0 Å². The van der Waals surface area contributed by atoms with Crippen LogP contribution >= 0.6 is 0 Å². The highest BCUT2D eigenvalue weighted by Crippen LogP contribution is 2.23. The molecular formula is C22H28N2O2. The fourth-order valence-corrected chi connectivity index (χ4v) is 3.10. The van der Waals surface area contributed by atoms with Gasteiger partial charge in [0.25, 0.3) is 0 Å². The Morgan fingerprint density at radius 2 is 1.62 bits per heavy atom. The second-order valence-corrected chi connectivity index (χ2v) is 6.69. The second kappa shape index (κ2) is 8.65. The first-order valence-electron chi connectivity index (χ1n) is 9.06. The number of benzene rings is 2. The van der Waals surface area contributed by atoms with Gasteiger partial charge in [0.1, 0.15) is 0 Å². The Hall–Kier alpha value is -2.62. The SMILES string of the molecule is CCN(C(=O)CCN(C(C)=O)c1cc(C)ccc1C)c1cccc(C)c1. The molecule has 0 heterocycles. The van der Waals surface area contributed by atoms with Gasteiger partial charge in [0, 0.05) is 37.8 Å². The molecule has 0 aliphatic carbocycles. The lowest BCUT2D eigenvalue weighted by molar-refractivity contribution is -0.118. The van der Waals surface area contributed by atoms with Gasteiger partial charge < -0.3 is 9.80 Å². The monoisotopic (exact) mass is 352 g/mol. The molecule has 0 spiro atoms. The summed E-state index contributed by atoms with van der Waals surface area (Å²) in [6.45, 7) is 10.5. The number of anilines is 2. The molecule has 0 unspecified atom stereocenters. The van der Waals surface area contributed by atoms with Crippen LogP contribution in [-0.2, 0) is 9.59 Å². The summed E-state index contributed by atoms with van der Waals surface area (Å²) in [6.07, 6.45) is 0.286. The Labute approximate surface area is 156 Å². The normalized spacial score (nSPS) is 10.5. The summed E-state index contributed by atoms with van der Waals surface area (Å²) < 4.78 is 0. The number of amides is 2. The zero-order valence-corrected chi connectivity index (χ0v) is 16.4. The van der Waals surface area contributed by atoms with Crippen LogP contribution in [0.2, 0.25) is 0 Å². The maximum atomic E-state index is 12.8. The van der Waals surface area contributed by atoms with Gasteiger partial charge in [-0.3, -0.25) is 9.59 Å². The molecule has 26 heavy (non-hydrogen) atoms. The molecule has 0 atom stereocenters. The molecule has 2 rings (SSSR count). The number of nitrogens with zero attached hydrogens (tertiary/aromatic N) is 2. The van der Waals surface area contributed by atoms with Crippen LogP contribution in [0.5, 0.6) is 0 Å². The molecule has 0 saturated carbocycles. The van der Waals surface area contributed by atoms with Crippen LogP contribution in [-0.4, -0.2) is 24.9 Å². The maximum Gasteiger partial charge on any atom is 0.228 e. The minimum atomic E-state index is -0.0508. The number of carbonyl (C=O) groups excluding carboxylic acids is 2. The summed E-state index contributed by atoms with van der Waals surface area (Å²) in [5.74, 6) is -0.0280. The fourth-order valence-electron chi connectivity index (χ4n) is 3.10. The van der Waals surface area contributed by atoms with E-state index in [1.54, 1.807) is 16.7 Å². The first-order valence-corrected chi connectivity index (χ1v) is 9.06. The van der Waals surface area contributed by atoms with E-state index < -0.39 is 0 Å². The number of rotatable bonds is 6. The predicted octanol–water partition coefficient (Wildman–Crippen LogP) is 4.41. The molecule has 0 aliphatic heterocycles. The first-order chi connectivity index (χ1) is 12.3. The van der Waals surface area contributed by atoms with E-state index in [9.17, 15) is 9.59 Å². The maximum absolute atomic E-state index is 12.8. The van der Waals surface area contributed by atoms with Crippen molar-refractivity contribution >= 4 is 23.2 Å². The third kappa shape index (κ3) is 4.72. The average Bonchev–Trinajstić information content (AvgIpc) is 2.58. The van der Waals surface area contributed by atoms with Crippen LogP contribution in [0, 0.1) is 20.8 Å². The Kier molecular flexibility index (Phi) is 6.56. The lowest BCUT2D eigenvalue weighted by Crippen LogP contribution is -2.36. The fraction of sp³-hybridized carbons (Fsp3) is 0.364. The minimum Gasteiger partial charge on any atom is -0.313 e. The van der Waals surface area contributed by atoms with E-state index in [0.717, 1.165) is 28.1 Å². The third-order valence-corrected chi connectivity index (χ3v) is 4.52. The van der Waals surface area contributed by atoms with Crippen LogP contribution in [0.1, 0.15) is 37.0 Å². The van der Waals surface area contributed by atoms with E-state index in [-0.39, 0.29) is 18.2 Å².